The van der Waals surface area contributed by atoms with Gasteiger partial charge in [-0.3, -0.25) is 15.0 Å². The molecule has 0 fully saturated rings. The minimum atomic E-state index is -0.596. The van der Waals surface area contributed by atoms with Gasteiger partial charge >= 0.3 is 0 Å². The van der Waals surface area contributed by atoms with Crippen LogP contribution in [0.3, 0.4) is 0 Å². The molecule has 6 heteroatoms. The molecule has 4 aromatic rings. The van der Waals surface area contributed by atoms with Crippen molar-refractivity contribution in [2.24, 2.45) is 0 Å². The van der Waals surface area contributed by atoms with E-state index in [1.54, 1.807) is 19.2 Å². The number of amides is 1. The quantitative estimate of drug-likeness (QED) is 0.519. The fraction of sp³-hybridized carbons (Fsp3) is 0.0909. The highest BCUT2D eigenvalue weighted by Gasteiger charge is 2.24. The maximum Gasteiger partial charge on any atom is 0.244 e. The number of hydrogen-bond donors (Lipinski definition) is 2. The number of nitrogens with zero attached hydrogens (tertiary/aromatic N) is 1. The summed E-state index contributed by atoms with van der Waals surface area (Å²) >= 11 is 0. The average Bonchev–Trinajstić information content (AvgIpc) is 3.29. The predicted molar refractivity (Wildman–Crippen MR) is 105 cm³/mol. The second-order valence-electron chi connectivity index (χ2n) is 6.54. The number of benzene rings is 2. The molecule has 0 saturated heterocycles. The van der Waals surface area contributed by atoms with Gasteiger partial charge in [-0.1, -0.05) is 30.3 Å². The van der Waals surface area contributed by atoms with E-state index in [9.17, 15) is 14.0 Å². The lowest BCUT2D eigenvalue weighted by atomic mass is 10.0. The van der Waals surface area contributed by atoms with Crippen molar-refractivity contribution in [1.82, 2.24) is 9.66 Å². The highest BCUT2D eigenvalue weighted by molar-refractivity contribution is 6.13. The first kappa shape index (κ1) is 17.7. The second kappa shape index (κ2) is 7.15. The molecule has 0 radical (unpaired) electrons. The van der Waals surface area contributed by atoms with Crippen molar-refractivity contribution in [1.29, 1.82) is 0 Å². The molecule has 0 unspecified atom stereocenters. The van der Waals surface area contributed by atoms with Gasteiger partial charge < -0.3 is 4.98 Å². The molecule has 0 spiro atoms. The van der Waals surface area contributed by atoms with Crippen LogP contribution in [-0.4, -0.2) is 21.4 Å². The summed E-state index contributed by atoms with van der Waals surface area (Å²) in [5, 5.41) is 0.822. The van der Waals surface area contributed by atoms with Gasteiger partial charge in [0.25, 0.3) is 0 Å². The molecular weight excluding hydrogens is 357 g/mol. The summed E-state index contributed by atoms with van der Waals surface area (Å²) in [6.45, 7) is 1.80. The van der Waals surface area contributed by atoms with E-state index in [4.69, 9.17) is 0 Å². The fourth-order valence-electron chi connectivity index (χ4n) is 3.38. The molecule has 2 aromatic heterocycles. The third-order valence-electron chi connectivity index (χ3n) is 4.71. The van der Waals surface area contributed by atoms with Crippen molar-refractivity contribution in [3.8, 4) is 0 Å². The van der Waals surface area contributed by atoms with Crippen LogP contribution in [0.2, 0.25) is 0 Å². The van der Waals surface area contributed by atoms with Crippen molar-refractivity contribution in [2.45, 2.75) is 13.3 Å². The van der Waals surface area contributed by atoms with Crippen LogP contribution in [0.4, 0.5) is 4.39 Å². The summed E-state index contributed by atoms with van der Waals surface area (Å²) in [6.07, 6.45) is 1.87. The standard InChI is InChI=1S/C22H18FN3O2/c1-14-16-8-3-5-11-19(16)26(25-20(27)13-15-7-6-12-24-15)21(14)22(28)17-9-2-4-10-18(17)23/h2-12,24H,13H2,1H3,(H,25,27). The number of para-hydroxylation sites is 1. The molecule has 140 valence electrons. The lowest BCUT2D eigenvalue weighted by molar-refractivity contribution is -0.116. The van der Waals surface area contributed by atoms with Gasteiger partial charge in [-0.25, -0.2) is 9.07 Å². The maximum atomic E-state index is 14.2. The van der Waals surface area contributed by atoms with Gasteiger partial charge in [-0.05, 0) is 42.8 Å². The zero-order valence-electron chi connectivity index (χ0n) is 15.2. The number of aromatic amines is 1. The summed E-state index contributed by atoms with van der Waals surface area (Å²) in [7, 11) is 0. The number of hydrogen-bond acceptors (Lipinski definition) is 2. The second-order valence-corrected chi connectivity index (χ2v) is 6.54. The smallest absolute Gasteiger partial charge is 0.244 e. The first-order valence-corrected chi connectivity index (χ1v) is 8.87. The Morgan fingerprint density at radius 3 is 2.54 bits per heavy atom. The van der Waals surface area contributed by atoms with Gasteiger partial charge in [0.15, 0.2) is 0 Å². The van der Waals surface area contributed by atoms with E-state index in [1.165, 1.54) is 22.9 Å². The third kappa shape index (κ3) is 3.09. The minimum absolute atomic E-state index is 0.0340. The van der Waals surface area contributed by atoms with Crippen LogP contribution in [0.1, 0.15) is 27.3 Å². The number of carbonyl (C=O) groups is 2. The van der Waals surface area contributed by atoms with Gasteiger partial charge in [0, 0.05) is 17.3 Å². The summed E-state index contributed by atoms with van der Waals surface area (Å²) < 4.78 is 15.7. The fourth-order valence-corrected chi connectivity index (χ4v) is 3.38. The highest BCUT2D eigenvalue weighted by atomic mass is 19.1. The maximum absolute atomic E-state index is 14.2. The van der Waals surface area contributed by atoms with Gasteiger partial charge in [0.05, 0.1) is 17.5 Å². The average molecular weight is 375 g/mol. The number of carbonyl (C=O) groups excluding carboxylic acids is 2. The van der Waals surface area contributed by atoms with Gasteiger partial charge in [0.1, 0.15) is 11.5 Å². The Morgan fingerprint density at radius 1 is 1.04 bits per heavy atom. The minimum Gasteiger partial charge on any atom is -0.365 e. The number of fused-ring (bicyclic) bond motifs is 1. The van der Waals surface area contributed by atoms with E-state index in [0.29, 0.717) is 11.1 Å². The van der Waals surface area contributed by atoms with E-state index < -0.39 is 11.6 Å². The molecule has 0 saturated carbocycles. The Bertz CT molecular complexity index is 1180. The zero-order chi connectivity index (χ0) is 19.7. The lowest BCUT2D eigenvalue weighted by Crippen LogP contribution is -2.28. The first-order chi connectivity index (χ1) is 13.6. The lowest BCUT2D eigenvalue weighted by Gasteiger charge is -2.12. The van der Waals surface area contributed by atoms with Crippen LogP contribution in [-0.2, 0) is 11.2 Å². The monoisotopic (exact) mass is 375 g/mol. The van der Waals surface area contributed by atoms with E-state index in [2.05, 4.69) is 10.4 Å². The molecule has 2 N–H and O–H groups in total. The zero-order valence-corrected chi connectivity index (χ0v) is 15.2. The molecule has 0 bridgehead atoms. The van der Waals surface area contributed by atoms with Crippen LogP contribution < -0.4 is 5.43 Å². The van der Waals surface area contributed by atoms with Gasteiger partial charge in [-0.2, -0.15) is 0 Å². The van der Waals surface area contributed by atoms with Crippen molar-refractivity contribution in [2.75, 3.05) is 5.43 Å². The highest BCUT2D eigenvalue weighted by Crippen LogP contribution is 2.27. The Kier molecular flexibility index (Phi) is 4.53. The molecular formula is C22H18FN3O2. The van der Waals surface area contributed by atoms with Gasteiger partial charge in [-0.15, -0.1) is 0 Å². The molecule has 0 atom stereocenters. The van der Waals surface area contributed by atoms with Crippen LogP contribution in [0.25, 0.3) is 10.9 Å². The molecule has 28 heavy (non-hydrogen) atoms. The summed E-state index contributed by atoms with van der Waals surface area (Å²) in [5.74, 6) is -1.36. The number of halogens is 1. The Balaban J connectivity index is 1.80. The van der Waals surface area contributed by atoms with Crippen molar-refractivity contribution >= 4 is 22.6 Å². The largest absolute Gasteiger partial charge is 0.365 e. The molecule has 0 aliphatic carbocycles. The van der Waals surface area contributed by atoms with Crippen molar-refractivity contribution in [3.63, 3.8) is 0 Å². The summed E-state index contributed by atoms with van der Waals surface area (Å²) in [6, 6.07) is 16.8. The number of rotatable bonds is 5. The predicted octanol–water partition coefficient (Wildman–Crippen LogP) is 3.96. The van der Waals surface area contributed by atoms with E-state index in [0.717, 1.165) is 11.1 Å². The van der Waals surface area contributed by atoms with Crippen LogP contribution >= 0.6 is 0 Å². The van der Waals surface area contributed by atoms with Crippen LogP contribution in [0.15, 0.2) is 66.9 Å². The van der Waals surface area contributed by atoms with E-state index in [1.807, 2.05) is 36.4 Å². The molecule has 2 heterocycles. The molecule has 1 amide bonds. The normalized spacial score (nSPS) is 10.9. The third-order valence-corrected chi connectivity index (χ3v) is 4.71. The Morgan fingerprint density at radius 2 is 1.79 bits per heavy atom. The van der Waals surface area contributed by atoms with Crippen LogP contribution in [0.5, 0.6) is 0 Å². The topological polar surface area (TPSA) is 66.9 Å². The number of nitrogens with one attached hydrogen (secondary N) is 2. The molecule has 0 aliphatic heterocycles. The van der Waals surface area contributed by atoms with E-state index >= 15 is 0 Å². The Hall–Kier alpha value is -3.67. The summed E-state index contributed by atoms with van der Waals surface area (Å²) in [4.78, 5) is 28.7. The van der Waals surface area contributed by atoms with E-state index in [-0.39, 0.29) is 23.6 Å². The molecule has 2 aromatic carbocycles. The van der Waals surface area contributed by atoms with Crippen molar-refractivity contribution < 1.29 is 14.0 Å². The molecule has 0 aliphatic rings. The van der Waals surface area contributed by atoms with Gasteiger partial charge in [0.2, 0.25) is 11.7 Å². The van der Waals surface area contributed by atoms with Crippen molar-refractivity contribution in [3.05, 3.63) is 95.2 Å². The number of aromatic nitrogens is 2. The number of ketones is 1. The summed E-state index contributed by atoms with van der Waals surface area (Å²) in [5.41, 5.74) is 5.13. The number of H-pyrrole nitrogens is 1. The molecule has 4 rings (SSSR count). The molecule has 5 nitrogen and oxygen atoms in total. The van der Waals surface area contributed by atoms with Crippen LogP contribution in [0, 0.1) is 12.7 Å². The SMILES string of the molecule is Cc1c(C(=O)c2ccccc2F)n(NC(=O)Cc2ccc[nH]2)c2ccccc12. The first-order valence-electron chi connectivity index (χ1n) is 8.87. The number of aryl methyl sites for hydroxylation is 1. The Labute approximate surface area is 160 Å².